The van der Waals surface area contributed by atoms with Crippen LogP contribution in [0.5, 0.6) is 0 Å². The highest BCUT2D eigenvalue weighted by atomic mass is 28.4. The number of hydrogen-bond donors (Lipinski definition) is 0. The van der Waals surface area contributed by atoms with E-state index in [0.29, 0.717) is 0 Å². The summed E-state index contributed by atoms with van der Waals surface area (Å²) in [6.45, 7) is 16.2. The van der Waals surface area contributed by atoms with Crippen molar-refractivity contribution >= 4 is 37.1 Å². The van der Waals surface area contributed by atoms with Crippen LogP contribution in [0.2, 0.25) is 5.04 Å². The average Bonchev–Trinajstić information content (AvgIpc) is 2.84. The zero-order valence-electron chi connectivity index (χ0n) is 24.0. The van der Waals surface area contributed by atoms with Crippen molar-refractivity contribution in [2.45, 2.75) is 84.0 Å². The molecule has 2 atom stereocenters. The van der Waals surface area contributed by atoms with Crippen LogP contribution in [-0.4, -0.2) is 62.0 Å². The summed E-state index contributed by atoms with van der Waals surface area (Å²) in [5.74, 6) is -0.485. The van der Waals surface area contributed by atoms with E-state index in [4.69, 9.17) is 18.9 Å². The molecule has 3 rings (SSSR count). The van der Waals surface area contributed by atoms with Crippen LogP contribution < -0.4 is 10.4 Å². The predicted octanol–water partition coefficient (Wildman–Crippen LogP) is 4.92. The van der Waals surface area contributed by atoms with E-state index in [9.17, 15) is 9.59 Å². The number of nitrogens with zero attached hydrogens (tertiary/aromatic N) is 2. The molecule has 0 bridgehead atoms. The van der Waals surface area contributed by atoms with Gasteiger partial charge < -0.3 is 13.9 Å². The highest BCUT2D eigenvalue weighted by Crippen LogP contribution is 2.38. The summed E-state index contributed by atoms with van der Waals surface area (Å²) in [7, 11) is -2.81. The molecule has 1 aliphatic rings. The largest absolute Gasteiger partial charge is 0.464 e. The van der Waals surface area contributed by atoms with Gasteiger partial charge >= 0.3 is 12.1 Å². The molecular weight excluding hydrogens is 496 g/mol. The lowest BCUT2D eigenvalue weighted by molar-refractivity contribution is -0.149. The van der Waals surface area contributed by atoms with Crippen molar-refractivity contribution in [3.8, 4) is 0 Å². The van der Waals surface area contributed by atoms with E-state index in [1.807, 2.05) is 43.3 Å². The number of aliphatic imine (C=N–C) groups is 1. The van der Waals surface area contributed by atoms with Crippen LogP contribution in [0.1, 0.15) is 61.8 Å². The number of benzene rings is 2. The maximum atomic E-state index is 13.0. The van der Waals surface area contributed by atoms with Gasteiger partial charge in [0.2, 0.25) is 0 Å². The minimum Gasteiger partial charge on any atom is -0.464 e. The van der Waals surface area contributed by atoms with Gasteiger partial charge in [0.1, 0.15) is 11.6 Å². The van der Waals surface area contributed by atoms with Crippen molar-refractivity contribution in [3.63, 3.8) is 0 Å². The summed E-state index contributed by atoms with van der Waals surface area (Å²) in [4.78, 5) is 31.9. The molecule has 2 aromatic rings. The quantitative estimate of drug-likeness (QED) is 0.369. The maximum absolute atomic E-state index is 13.0. The first-order valence-electron chi connectivity index (χ1n) is 13.2. The lowest BCUT2D eigenvalue weighted by Crippen LogP contribution is -2.67. The fourth-order valence-electron chi connectivity index (χ4n) is 4.90. The van der Waals surface area contributed by atoms with E-state index in [1.54, 1.807) is 27.7 Å². The molecular formula is C30H42N2O5Si. The van der Waals surface area contributed by atoms with Crippen LogP contribution in [0.25, 0.3) is 0 Å². The minimum atomic E-state index is -2.81. The van der Waals surface area contributed by atoms with Crippen LogP contribution in [0.4, 0.5) is 4.79 Å². The van der Waals surface area contributed by atoms with E-state index < -0.39 is 37.6 Å². The number of rotatable bonds is 7. The fraction of sp³-hybridized carbons (Fsp3) is 0.500. The van der Waals surface area contributed by atoms with Crippen molar-refractivity contribution in [2.24, 2.45) is 4.99 Å². The Kier molecular flexibility index (Phi) is 8.88. The highest BCUT2D eigenvalue weighted by Gasteiger charge is 2.52. The Labute approximate surface area is 228 Å². The first-order chi connectivity index (χ1) is 17.7. The Bertz CT molecular complexity index is 1090. The summed E-state index contributed by atoms with van der Waals surface area (Å²) in [5, 5.41) is 2.13. The Hall–Kier alpha value is -2.97. The van der Waals surface area contributed by atoms with Crippen LogP contribution in [0.15, 0.2) is 65.7 Å². The van der Waals surface area contributed by atoms with E-state index in [0.717, 1.165) is 0 Å². The summed E-state index contributed by atoms with van der Waals surface area (Å²) in [6, 6.07) is 19.9. The number of carbonyl (C=O) groups excluding carboxylic acids is 2. The van der Waals surface area contributed by atoms with E-state index in [-0.39, 0.29) is 24.7 Å². The fourth-order valence-corrected chi connectivity index (χ4v) is 9.58. The topological polar surface area (TPSA) is 77.4 Å². The molecule has 0 fully saturated rings. The minimum absolute atomic E-state index is 0.201. The second-order valence-electron chi connectivity index (χ2n) is 12.1. The lowest BCUT2D eigenvalue weighted by Gasteiger charge is -2.45. The van der Waals surface area contributed by atoms with Gasteiger partial charge in [-0.2, -0.15) is 0 Å². The Morgan fingerprint density at radius 1 is 0.974 bits per heavy atom. The molecule has 206 valence electrons. The third-order valence-corrected chi connectivity index (χ3v) is 11.6. The van der Waals surface area contributed by atoms with Crippen molar-refractivity contribution in [1.29, 1.82) is 0 Å². The first-order valence-corrected chi connectivity index (χ1v) is 15.1. The number of ether oxygens (including phenoxy) is 2. The molecule has 8 heteroatoms. The first kappa shape index (κ1) is 29.6. The highest BCUT2D eigenvalue weighted by molar-refractivity contribution is 6.99. The molecule has 7 nitrogen and oxygen atoms in total. The molecule has 0 N–H and O–H groups in total. The number of amides is 1. The van der Waals surface area contributed by atoms with Crippen molar-refractivity contribution in [1.82, 2.24) is 4.90 Å². The standard InChI is InChI=1S/C30H42N2O5Si/c1-9-35-26(33)25-20-30(8,31-22-32(25)27(34)37-28(2,3)4)21-36-38(29(5,6)7,23-16-12-10-13-17-23)24-18-14-11-15-19-24/h10-19,22,25H,9,20-21H2,1-8H3/t25-,30+/m0/s1. The van der Waals surface area contributed by atoms with E-state index in [1.165, 1.54) is 21.6 Å². The summed E-state index contributed by atoms with van der Waals surface area (Å²) < 4.78 is 18.0. The van der Waals surface area contributed by atoms with Crippen LogP contribution >= 0.6 is 0 Å². The Morgan fingerprint density at radius 2 is 1.50 bits per heavy atom. The van der Waals surface area contributed by atoms with Crippen molar-refractivity contribution in [2.75, 3.05) is 13.2 Å². The monoisotopic (exact) mass is 538 g/mol. The normalized spacial score (nSPS) is 20.2. The SMILES string of the molecule is CCOC(=O)[C@@H]1C[C@](C)(CO[Si](c2ccccc2)(c2ccccc2)C(C)(C)C)N=CN1C(=O)OC(C)(C)C. The van der Waals surface area contributed by atoms with Gasteiger partial charge in [-0.05, 0) is 50.0 Å². The van der Waals surface area contributed by atoms with Gasteiger partial charge in [-0.3, -0.25) is 9.89 Å². The predicted molar refractivity (Wildman–Crippen MR) is 154 cm³/mol. The number of hydrogen-bond acceptors (Lipinski definition) is 6. The molecule has 0 radical (unpaired) electrons. The summed E-state index contributed by atoms with van der Waals surface area (Å²) in [6.07, 6.45) is 1.03. The molecule has 1 aliphatic heterocycles. The van der Waals surface area contributed by atoms with E-state index >= 15 is 0 Å². The summed E-state index contributed by atoms with van der Waals surface area (Å²) >= 11 is 0. The number of esters is 1. The van der Waals surface area contributed by atoms with Gasteiger partial charge in [0.25, 0.3) is 8.32 Å². The molecule has 0 saturated heterocycles. The molecule has 0 aromatic heterocycles. The molecule has 38 heavy (non-hydrogen) atoms. The molecule has 0 unspecified atom stereocenters. The Morgan fingerprint density at radius 3 is 1.95 bits per heavy atom. The third kappa shape index (κ3) is 6.53. The molecule has 1 heterocycles. The Balaban J connectivity index is 2.01. The van der Waals surface area contributed by atoms with Gasteiger partial charge in [0, 0.05) is 6.42 Å². The van der Waals surface area contributed by atoms with E-state index in [2.05, 4.69) is 45.0 Å². The van der Waals surface area contributed by atoms with Crippen LogP contribution in [-0.2, 0) is 18.7 Å². The van der Waals surface area contributed by atoms with Gasteiger partial charge in [-0.1, -0.05) is 81.4 Å². The van der Waals surface area contributed by atoms with Gasteiger partial charge in [0.05, 0.1) is 25.1 Å². The maximum Gasteiger partial charge on any atom is 0.416 e. The van der Waals surface area contributed by atoms with Gasteiger partial charge in [0.15, 0.2) is 0 Å². The second kappa shape index (κ2) is 11.4. The molecule has 0 aliphatic carbocycles. The lowest BCUT2D eigenvalue weighted by atomic mass is 9.92. The van der Waals surface area contributed by atoms with Crippen LogP contribution in [0.3, 0.4) is 0 Å². The number of carbonyl (C=O) groups is 2. The molecule has 0 saturated carbocycles. The second-order valence-corrected chi connectivity index (χ2v) is 16.4. The zero-order chi connectivity index (χ0) is 28.2. The average molecular weight is 539 g/mol. The molecule has 1 amide bonds. The van der Waals surface area contributed by atoms with Gasteiger partial charge in [-0.25, -0.2) is 9.59 Å². The molecule has 0 spiro atoms. The third-order valence-electron chi connectivity index (χ3n) is 6.64. The zero-order valence-corrected chi connectivity index (χ0v) is 25.0. The summed E-state index contributed by atoms with van der Waals surface area (Å²) in [5.41, 5.74) is -1.47. The smallest absolute Gasteiger partial charge is 0.416 e. The van der Waals surface area contributed by atoms with Crippen molar-refractivity contribution in [3.05, 3.63) is 60.7 Å². The van der Waals surface area contributed by atoms with Crippen molar-refractivity contribution < 1.29 is 23.5 Å². The van der Waals surface area contributed by atoms with Crippen LogP contribution in [0, 0.1) is 0 Å². The molecule has 2 aromatic carbocycles. The van der Waals surface area contributed by atoms with Gasteiger partial charge in [-0.15, -0.1) is 0 Å².